The predicted molar refractivity (Wildman–Crippen MR) is 62.8 cm³/mol. The Hall–Kier alpha value is -1.18. The quantitative estimate of drug-likeness (QED) is 0.799. The molecule has 0 radical (unpaired) electrons. The Balaban J connectivity index is 2.08. The molecular formula is C10H15N3O3S. The number of hydrogen-bond acceptors (Lipinski definition) is 5. The molecule has 0 atom stereocenters. The normalized spacial score (nSPS) is 24.3. The largest absolute Gasteiger partial charge is 0.396 e. The average molecular weight is 257 g/mol. The van der Waals surface area contributed by atoms with Crippen LogP contribution in [0.1, 0.15) is 12.8 Å². The molecule has 17 heavy (non-hydrogen) atoms. The van der Waals surface area contributed by atoms with E-state index in [1.807, 2.05) is 0 Å². The van der Waals surface area contributed by atoms with E-state index in [2.05, 4.69) is 9.71 Å². The van der Waals surface area contributed by atoms with Gasteiger partial charge in [-0.2, -0.15) is 0 Å². The number of nitrogens with two attached hydrogens (primary N) is 1. The fourth-order valence-corrected chi connectivity index (χ4v) is 3.08. The molecule has 1 aromatic rings. The van der Waals surface area contributed by atoms with Gasteiger partial charge in [-0.15, -0.1) is 0 Å². The van der Waals surface area contributed by atoms with Crippen LogP contribution in [-0.4, -0.2) is 32.7 Å². The summed E-state index contributed by atoms with van der Waals surface area (Å²) in [6.45, 7) is 0. The Morgan fingerprint density at radius 3 is 2.82 bits per heavy atom. The number of methoxy groups -OCH3 is 1. The molecule has 0 unspecified atom stereocenters. The Kier molecular flexibility index (Phi) is 3.32. The van der Waals surface area contributed by atoms with Crippen molar-refractivity contribution in [2.45, 2.75) is 30.0 Å². The minimum absolute atomic E-state index is 0.0913. The Morgan fingerprint density at radius 2 is 2.24 bits per heavy atom. The molecule has 0 saturated heterocycles. The lowest BCUT2D eigenvalue weighted by molar-refractivity contribution is 0.0236. The number of nitrogens with zero attached hydrogens (tertiary/aromatic N) is 1. The fraction of sp³-hybridized carbons (Fsp3) is 0.500. The van der Waals surface area contributed by atoms with Crippen molar-refractivity contribution in [2.24, 2.45) is 0 Å². The van der Waals surface area contributed by atoms with E-state index in [9.17, 15) is 8.42 Å². The number of rotatable bonds is 4. The maximum Gasteiger partial charge on any atom is 0.260 e. The van der Waals surface area contributed by atoms with Crippen molar-refractivity contribution in [1.29, 1.82) is 0 Å². The molecule has 1 aromatic heterocycles. The lowest BCUT2D eigenvalue weighted by atomic mass is 9.90. The highest BCUT2D eigenvalue weighted by Gasteiger charge is 2.33. The van der Waals surface area contributed by atoms with Crippen molar-refractivity contribution < 1.29 is 13.2 Å². The number of pyridine rings is 1. The summed E-state index contributed by atoms with van der Waals surface area (Å²) in [5.74, 6) is 0. The van der Waals surface area contributed by atoms with Crippen molar-refractivity contribution in [3.8, 4) is 0 Å². The van der Waals surface area contributed by atoms with Gasteiger partial charge < -0.3 is 10.5 Å². The van der Waals surface area contributed by atoms with Gasteiger partial charge >= 0.3 is 0 Å². The van der Waals surface area contributed by atoms with Crippen LogP contribution in [0.25, 0.3) is 0 Å². The lowest BCUT2D eigenvalue weighted by Crippen LogP contribution is -2.47. The van der Waals surface area contributed by atoms with Crippen molar-refractivity contribution >= 4 is 15.7 Å². The zero-order valence-electron chi connectivity index (χ0n) is 9.46. The van der Waals surface area contributed by atoms with E-state index in [-0.39, 0.29) is 22.9 Å². The molecule has 1 aliphatic carbocycles. The molecule has 0 spiro atoms. The van der Waals surface area contributed by atoms with Crippen molar-refractivity contribution in [2.75, 3.05) is 12.8 Å². The zero-order valence-corrected chi connectivity index (χ0v) is 10.3. The third-order valence-corrected chi connectivity index (χ3v) is 4.30. The van der Waals surface area contributed by atoms with E-state index in [0.29, 0.717) is 12.8 Å². The first-order valence-electron chi connectivity index (χ1n) is 5.28. The van der Waals surface area contributed by atoms with Gasteiger partial charge in [-0.05, 0) is 25.0 Å². The maximum absolute atomic E-state index is 12.0. The van der Waals surface area contributed by atoms with Crippen LogP contribution in [0.15, 0.2) is 23.4 Å². The molecule has 6 nitrogen and oxygen atoms in total. The number of anilines is 1. The second-order valence-corrected chi connectivity index (χ2v) is 5.67. The van der Waals surface area contributed by atoms with Crippen LogP contribution in [0, 0.1) is 0 Å². The molecule has 1 heterocycles. The van der Waals surface area contributed by atoms with Gasteiger partial charge in [0, 0.05) is 19.3 Å². The first-order valence-corrected chi connectivity index (χ1v) is 6.77. The number of nitrogens with one attached hydrogen (secondary N) is 1. The van der Waals surface area contributed by atoms with Gasteiger partial charge in [0.1, 0.15) is 0 Å². The van der Waals surface area contributed by atoms with Gasteiger partial charge in [0.2, 0.25) is 0 Å². The molecule has 2 rings (SSSR count). The maximum atomic E-state index is 12.0. The van der Waals surface area contributed by atoms with E-state index in [4.69, 9.17) is 10.5 Å². The van der Waals surface area contributed by atoms with E-state index >= 15 is 0 Å². The van der Waals surface area contributed by atoms with Gasteiger partial charge in [-0.25, -0.2) is 18.1 Å². The Labute approximate surface area is 100 Å². The number of aromatic nitrogens is 1. The summed E-state index contributed by atoms with van der Waals surface area (Å²) in [4.78, 5) is 3.79. The van der Waals surface area contributed by atoms with Gasteiger partial charge in [-0.1, -0.05) is 0 Å². The van der Waals surface area contributed by atoms with E-state index < -0.39 is 10.0 Å². The standard InChI is InChI=1S/C10H15N3O3S/c1-16-8-5-7(6-8)13-17(14,15)10-9(11)3-2-4-12-10/h2-4,7-8,13H,5-6,11H2,1H3. The van der Waals surface area contributed by atoms with Crippen LogP contribution in [0.5, 0.6) is 0 Å². The van der Waals surface area contributed by atoms with Crippen LogP contribution >= 0.6 is 0 Å². The van der Waals surface area contributed by atoms with E-state index in [1.165, 1.54) is 12.3 Å². The summed E-state index contributed by atoms with van der Waals surface area (Å²) >= 11 is 0. The molecule has 0 aromatic carbocycles. The molecule has 1 saturated carbocycles. The molecule has 1 fully saturated rings. The van der Waals surface area contributed by atoms with Gasteiger partial charge in [0.15, 0.2) is 5.03 Å². The summed E-state index contributed by atoms with van der Waals surface area (Å²) in [6, 6.07) is 3.02. The second kappa shape index (κ2) is 4.59. The summed E-state index contributed by atoms with van der Waals surface area (Å²) in [7, 11) is -2.01. The first kappa shape index (κ1) is 12.3. The topological polar surface area (TPSA) is 94.3 Å². The van der Waals surface area contributed by atoms with Gasteiger partial charge in [-0.3, -0.25) is 0 Å². The van der Waals surface area contributed by atoms with Gasteiger partial charge in [0.25, 0.3) is 10.0 Å². The minimum atomic E-state index is -3.62. The highest BCUT2D eigenvalue weighted by atomic mass is 32.2. The Morgan fingerprint density at radius 1 is 1.53 bits per heavy atom. The molecule has 0 aliphatic heterocycles. The van der Waals surface area contributed by atoms with Crippen molar-refractivity contribution in [1.82, 2.24) is 9.71 Å². The van der Waals surface area contributed by atoms with Crippen molar-refractivity contribution in [3.63, 3.8) is 0 Å². The number of ether oxygens (including phenoxy) is 1. The summed E-state index contributed by atoms with van der Waals surface area (Å²) < 4.78 is 31.6. The van der Waals surface area contributed by atoms with E-state index in [0.717, 1.165) is 0 Å². The molecular weight excluding hydrogens is 242 g/mol. The smallest absolute Gasteiger partial charge is 0.260 e. The second-order valence-electron chi connectivity index (χ2n) is 4.05. The molecule has 3 N–H and O–H groups in total. The summed E-state index contributed by atoms with van der Waals surface area (Å²) in [5, 5.41) is -0.110. The third kappa shape index (κ3) is 2.56. The fourth-order valence-electron chi connectivity index (χ4n) is 1.76. The SMILES string of the molecule is COC1CC(NS(=O)(=O)c2ncccc2N)C1. The molecule has 0 amide bonds. The zero-order chi connectivity index (χ0) is 12.5. The molecule has 94 valence electrons. The number of hydrogen-bond donors (Lipinski definition) is 2. The first-order chi connectivity index (χ1) is 8.03. The molecule has 0 bridgehead atoms. The summed E-state index contributed by atoms with van der Waals surface area (Å²) in [5.41, 5.74) is 5.74. The number of sulfonamides is 1. The van der Waals surface area contributed by atoms with Crippen LogP contribution in [0.2, 0.25) is 0 Å². The average Bonchev–Trinajstić information content (AvgIpc) is 2.23. The monoisotopic (exact) mass is 257 g/mol. The van der Waals surface area contributed by atoms with Crippen molar-refractivity contribution in [3.05, 3.63) is 18.3 Å². The van der Waals surface area contributed by atoms with Crippen LogP contribution < -0.4 is 10.5 Å². The molecule has 1 aliphatic rings. The van der Waals surface area contributed by atoms with Gasteiger partial charge in [0.05, 0.1) is 11.8 Å². The summed E-state index contributed by atoms with van der Waals surface area (Å²) in [6.07, 6.45) is 2.91. The predicted octanol–water partition coefficient (Wildman–Crippen LogP) is 0.120. The highest BCUT2D eigenvalue weighted by Crippen LogP contribution is 2.25. The minimum Gasteiger partial charge on any atom is -0.396 e. The molecule has 7 heteroatoms. The highest BCUT2D eigenvalue weighted by molar-refractivity contribution is 7.89. The van der Waals surface area contributed by atoms with Crippen LogP contribution in [0.4, 0.5) is 5.69 Å². The Bertz CT molecular complexity index is 497. The number of nitrogen functional groups attached to an aromatic ring is 1. The van der Waals surface area contributed by atoms with E-state index in [1.54, 1.807) is 13.2 Å². The third-order valence-electron chi connectivity index (χ3n) is 2.81. The van der Waals surface area contributed by atoms with Crippen LogP contribution in [-0.2, 0) is 14.8 Å². The lowest BCUT2D eigenvalue weighted by Gasteiger charge is -2.34. The van der Waals surface area contributed by atoms with Crippen LogP contribution in [0.3, 0.4) is 0 Å².